The fourth-order valence-corrected chi connectivity index (χ4v) is 4.00. The van der Waals surface area contributed by atoms with Crippen LogP contribution >= 0.6 is 0 Å². The topological polar surface area (TPSA) is 61.5 Å². The van der Waals surface area contributed by atoms with Gasteiger partial charge in [-0.25, -0.2) is 4.98 Å². The van der Waals surface area contributed by atoms with E-state index in [0.717, 1.165) is 50.4 Å². The maximum atomic E-state index is 12.8. The molecule has 1 N–H and O–H groups in total. The summed E-state index contributed by atoms with van der Waals surface area (Å²) in [6, 6.07) is 7.84. The first-order chi connectivity index (χ1) is 12.3. The number of aromatic nitrogens is 2. The molecule has 2 fully saturated rings. The van der Waals surface area contributed by atoms with Gasteiger partial charge in [-0.15, -0.1) is 0 Å². The number of nitrogens with one attached hydrogen (secondary N) is 1. The van der Waals surface area contributed by atoms with Gasteiger partial charge >= 0.3 is 0 Å². The van der Waals surface area contributed by atoms with Gasteiger partial charge in [-0.05, 0) is 31.0 Å². The number of likely N-dealkylation sites (tertiary alicyclic amines) is 1. The lowest BCUT2D eigenvalue weighted by Gasteiger charge is -2.43. The standard InChI is InChI=1S/C19H24N4O2/c24-18(16-5-8-20-12-16)23-9-3-6-19(14-23)13-22(10-11-25-15-19)17-4-1-2-7-21-17/h1-2,4-5,7-8,12,20H,3,6,9-11,13-15H2. The van der Waals surface area contributed by atoms with Crippen molar-refractivity contribution < 1.29 is 9.53 Å². The van der Waals surface area contributed by atoms with Crippen LogP contribution < -0.4 is 4.90 Å². The molecule has 2 aliphatic heterocycles. The molecule has 1 atom stereocenters. The molecule has 0 saturated carbocycles. The van der Waals surface area contributed by atoms with Crippen LogP contribution in [-0.4, -0.2) is 60.2 Å². The van der Waals surface area contributed by atoms with Crippen molar-refractivity contribution >= 4 is 11.7 Å². The molecule has 1 unspecified atom stereocenters. The van der Waals surface area contributed by atoms with Gasteiger partial charge in [0.25, 0.3) is 5.91 Å². The van der Waals surface area contributed by atoms with E-state index in [1.165, 1.54) is 0 Å². The Morgan fingerprint density at radius 1 is 1.24 bits per heavy atom. The first kappa shape index (κ1) is 16.1. The van der Waals surface area contributed by atoms with Gasteiger partial charge in [0.1, 0.15) is 5.82 Å². The van der Waals surface area contributed by atoms with Gasteiger partial charge < -0.3 is 19.5 Å². The van der Waals surface area contributed by atoms with E-state index in [1.807, 2.05) is 35.4 Å². The minimum absolute atomic E-state index is 0.0295. The summed E-state index contributed by atoms with van der Waals surface area (Å²) in [5, 5.41) is 0. The predicted octanol–water partition coefficient (Wildman–Crippen LogP) is 2.17. The highest BCUT2D eigenvalue weighted by molar-refractivity contribution is 5.94. The molecular formula is C19H24N4O2. The fraction of sp³-hybridized carbons (Fsp3) is 0.474. The summed E-state index contributed by atoms with van der Waals surface area (Å²) in [6.45, 7) is 4.67. The van der Waals surface area contributed by atoms with Gasteiger partial charge in [-0.1, -0.05) is 6.07 Å². The molecule has 2 aromatic heterocycles. The molecule has 25 heavy (non-hydrogen) atoms. The minimum Gasteiger partial charge on any atom is -0.379 e. The molecule has 2 aliphatic rings. The first-order valence-corrected chi connectivity index (χ1v) is 8.92. The normalized spacial score (nSPS) is 24.3. The zero-order valence-corrected chi connectivity index (χ0v) is 14.4. The molecule has 132 valence electrons. The number of carbonyl (C=O) groups is 1. The van der Waals surface area contributed by atoms with Crippen molar-refractivity contribution in [3.8, 4) is 0 Å². The van der Waals surface area contributed by atoms with Gasteiger partial charge in [0.15, 0.2) is 0 Å². The van der Waals surface area contributed by atoms with E-state index in [-0.39, 0.29) is 11.3 Å². The zero-order valence-electron chi connectivity index (χ0n) is 14.4. The lowest BCUT2D eigenvalue weighted by Crippen LogP contribution is -2.52. The number of H-pyrrole nitrogens is 1. The molecule has 0 radical (unpaired) electrons. The number of carbonyl (C=O) groups excluding carboxylic acids is 1. The van der Waals surface area contributed by atoms with Gasteiger partial charge in [0.05, 0.1) is 18.8 Å². The number of piperidine rings is 1. The van der Waals surface area contributed by atoms with Crippen LogP contribution in [0.1, 0.15) is 23.2 Å². The van der Waals surface area contributed by atoms with Gasteiger partial charge in [0.2, 0.25) is 0 Å². The fourth-order valence-electron chi connectivity index (χ4n) is 4.00. The van der Waals surface area contributed by atoms with E-state index >= 15 is 0 Å². The van der Waals surface area contributed by atoms with Gasteiger partial charge in [-0.3, -0.25) is 4.79 Å². The summed E-state index contributed by atoms with van der Waals surface area (Å²) in [5.74, 6) is 1.09. The lowest BCUT2D eigenvalue weighted by atomic mass is 9.80. The molecule has 1 amide bonds. The molecule has 2 saturated heterocycles. The van der Waals surface area contributed by atoms with Crippen molar-refractivity contribution in [3.05, 3.63) is 48.4 Å². The average Bonchev–Trinajstić information content (AvgIpc) is 3.12. The summed E-state index contributed by atoms with van der Waals surface area (Å²) in [6.07, 6.45) is 7.48. The molecule has 4 rings (SSSR count). The SMILES string of the molecule is O=C(c1cc[nH]c1)N1CCCC2(COCCN(c3ccccn3)C2)C1. The number of pyridine rings is 1. The summed E-state index contributed by atoms with van der Waals surface area (Å²) < 4.78 is 5.94. The van der Waals surface area contributed by atoms with Gasteiger partial charge in [-0.2, -0.15) is 0 Å². The molecule has 4 heterocycles. The van der Waals surface area contributed by atoms with Gasteiger partial charge in [0, 0.05) is 50.2 Å². The van der Waals surface area contributed by atoms with E-state index in [0.29, 0.717) is 13.2 Å². The number of nitrogens with zero attached hydrogens (tertiary/aromatic N) is 3. The monoisotopic (exact) mass is 340 g/mol. The molecule has 0 aliphatic carbocycles. The number of rotatable bonds is 2. The van der Waals surface area contributed by atoms with Crippen molar-refractivity contribution in [1.82, 2.24) is 14.9 Å². The van der Waals surface area contributed by atoms with Crippen molar-refractivity contribution in [2.45, 2.75) is 12.8 Å². The Balaban J connectivity index is 1.53. The molecule has 0 aromatic carbocycles. The number of amides is 1. The third kappa shape index (κ3) is 3.39. The van der Waals surface area contributed by atoms with Crippen LogP contribution in [0.25, 0.3) is 0 Å². The van der Waals surface area contributed by atoms with Crippen LogP contribution in [-0.2, 0) is 4.74 Å². The van der Waals surface area contributed by atoms with Crippen molar-refractivity contribution in [1.29, 1.82) is 0 Å². The second-order valence-corrected chi connectivity index (χ2v) is 7.09. The van der Waals surface area contributed by atoms with E-state index in [9.17, 15) is 4.79 Å². The number of anilines is 1. The lowest BCUT2D eigenvalue weighted by molar-refractivity contribution is 0.0135. The molecule has 1 spiro atoms. The molecule has 0 bridgehead atoms. The van der Waals surface area contributed by atoms with E-state index < -0.39 is 0 Å². The number of hydrogen-bond acceptors (Lipinski definition) is 4. The quantitative estimate of drug-likeness (QED) is 0.910. The number of aromatic amines is 1. The summed E-state index contributed by atoms with van der Waals surface area (Å²) in [5.41, 5.74) is 0.700. The maximum Gasteiger partial charge on any atom is 0.255 e. The van der Waals surface area contributed by atoms with E-state index in [1.54, 1.807) is 12.4 Å². The minimum atomic E-state index is -0.0295. The Bertz CT molecular complexity index is 703. The highest BCUT2D eigenvalue weighted by Crippen LogP contribution is 2.34. The second-order valence-electron chi connectivity index (χ2n) is 7.09. The van der Waals surface area contributed by atoms with Crippen LogP contribution in [0.2, 0.25) is 0 Å². The summed E-state index contributed by atoms with van der Waals surface area (Å²) in [7, 11) is 0. The summed E-state index contributed by atoms with van der Waals surface area (Å²) in [4.78, 5) is 24.5. The predicted molar refractivity (Wildman–Crippen MR) is 95.6 cm³/mol. The third-order valence-electron chi connectivity index (χ3n) is 5.21. The highest BCUT2D eigenvalue weighted by atomic mass is 16.5. The van der Waals surface area contributed by atoms with Crippen LogP contribution in [0, 0.1) is 5.41 Å². The van der Waals surface area contributed by atoms with E-state index in [4.69, 9.17) is 4.74 Å². The number of hydrogen-bond donors (Lipinski definition) is 1. The molecule has 6 nitrogen and oxygen atoms in total. The van der Waals surface area contributed by atoms with Crippen LogP contribution in [0.5, 0.6) is 0 Å². The Morgan fingerprint density at radius 2 is 2.20 bits per heavy atom. The van der Waals surface area contributed by atoms with Crippen LogP contribution in [0.3, 0.4) is 0 Å². The molecule has 6 heteroatoms. The summed E-state index contributed by atoms with van der Waals surface area (Å²) >= 11 is 0. The van der Waals surface area contributed by atoms with Crippen molar-refractivity contribution in [3.63, 3.8) is 0 Å². The molecular weight excluding hydrogens is 316 g/mol. The Labute approximate surface area is 147 Å². The van der Waals surface area contributed by atoms with Crippen molar-refractivity contribution in [2.24, 2.45) is 5.41 Å². The van der Waals surface area contributed by atoms with Crippen LogP contribution in [0.15, 0.2) is 42.9 Å². The average molecular weight is 340 g/mol. The zero-order chi connectivity index (χ0) is 17.1. The largest absolute Gasteiger partial charge is 0.379 e. The second kappa shape index (κ2) is 6.88. The first-order valence-electron chi connectivity index (χ1n) is 8.92. The third-order valence-corrected chi connectivity index (χ3v) is 5.21. The van der Waals surface area contributed by atoms with E-state index in [2.05, 4.69) is 14.9 Å². The molecule has 2 aromatic rings. The Kier molecular flexibility index (Phi) is 4.44. The maximum absolute atomic E-state index is 12.8. The number of ether oxygens (including phenoxy) is 1. The van der Waals surface area contributed by atoms with Crippen LogP contribution in [0.4, 0.5) is 5.82 Å². The highest BCUT2D eigenvalue weighted by Gasteiger charge is 2.40. The van der Waals surface area contributed by atoms with Crippen molar-refractivity contribution in [2.75, 3.05) is 44.3 Å². The smallest absolute Gasteiger partial charge is 0.255 e. The Morgan fingerprint density at radius 3 is 3.00 bits per heavy atom. The Hall–Kier alpha value is -2.34.